The lowest BCUT2D eigenvalue weighted by Gasteiger charge is -2.32. The molecule has 0 radical (unpaired) electrons. The lowest BCUT2D eigenvalue weighted by Crippen LogP contribution is -2.43. The maximum atomic E-state index is 13.0. The van der Waals surface area contributed by atoms with E-state index in [0.717, 1.165) is 37.3 Å². The van der Waals surface area contributed by atoms with Gasteiger partial charge >= 0.3 is 0 Å². The van der Waals surface area contributed by atoms with Gasteiger partial charge in [-0.25, -0.2) is 4.98 Å². The molecule has 0 aliphatic heterocycles. The summed E-state index contributed by atoms with van der Waals surface area (Å²) in [4.78, 5) is 24.5. The first-order valence-electron chi connectivity index (χ1n) is 7.85. The fourth-order valence-corrected chi connectivity index (χ4v) is 3.05. The Labute approximate surface area is 127 Å². The molecule has 118 valence electrons. The summed E-state index contributed by atoms with van der Waals surface area (Å²) in [6.07, 6.45) is 6.08. The molecule has 0 bridgehead atoms. The number of likely N-dealkylation sites (N-methyl/N-ethyl adjacent to an activating group) is 1. The molecular formula is C16H28N4O. The van der Waals surface area contributed by atoms with E-state index in [1.165, 1.54) is 12.8 Å². The molecule has 0 unspecified atom stereocenters. The van der Waals surface area contributed by atoms with Crippen molar-refractivity contribution in [2.75, 3.05) is 27.2 Å². The number of aromatic amines is 1. The highest BCUT2D eigenvalue weighted by Gasteiger charge is 2.39. The standard InChI is InChI=1S/C16H28N4O/c1-13-14(18-12-17-13)11-20(10-9-19(3)4)15(21)16(2)7-5-6-8-16/h12H,5-11H2,1-4H3,(H,17,18). The predicted octanol–water partition coefficient (Wildman–Crippen LogP) is 2.19. The number of hydrogen-bond acceptors (Lipinski definition) is 3. The second-order valence-electron chi connectivity index (χ2n) is 6.77. The summed E-state index contributed by atoms with van der Waals surface area (Å²) in [5, 5.41) is 0. The molecule has 1 aromatic heterocycles. The second-order valence-corrected chi connectivity index (χ2v) is 6.77. The minimum atomic E-state index is -0.170. The highest BCUT2D eigenvalue weighted by molar-refractivity contribution is 5.82. The van der Waals surface area contributed by atoms with Crippen LogP contribution < -0.4 is 0 Å². The number of aromatic nitrogens is 2. The van der Waals surface area contributed by atoms with Crippen molar-refractivity contribution in [1.82, 2.24) is 19.8 Å². The molecule has 1 aliphatic rings. The van der Waals surface area contributed by atoms with Gasteiger partial charge in [-0.05, 0) is 33.9 Å². The van der Waals surface area contributed by atoms with Crippen LogP contribution in [0.4, 0.5) is 0 Å². The fraction of sp³-hybridized carbons (Fsp3) is 0.750. The Hall–Kier alpha value is -1.36. The molecule has 1 N–H and O–H groups in total. The molecule has 2 rings (SSSR count). The minimum absolute atomic E-state index is 0.170. The van der Waals surface area contributed by atoms with Crippen molar-refractivity contribution >= 4 is 5.91 Å². The van der Waals surface area contributed by atoms with E-state index in [9.17, 15) is 4.79 Å². The van der Waals surface area contributed by atoms with E-state index in [4.69, 9.17) is 0 Å². The Morgan fingerprint density at radius 3 is 2.52 bits per heavy atom. The van der Waals surface area contributed by atoms with Gasteiger partial charge in [0, 0.05) is 24.2 Å². The Bertz CT molecular complexity index is 474. The number of nitrogens with zero attached hydrogens (tertiary/aromatic N) is 3. The van der Waals surface area contributed by atoms with E-state index in [1.807, 2.05) is 25.9 Å². The van der Waals surface area contributed by atoms with Crippen molar-refractivity contribution in [1.29, 1.82) is 0 Å². The molecule has 1 saturated carbocycles. The lowest BCUT2D eigenvalue weighted by atomic mass is 9.87. The molecule has 5 nitrogen and oxygen atoms in total. The van der Waals surface area contributed by atoms with Crippen LogP contribution in [-0.2, 0) is 11.3 Å². The maximum absolute atomic E-state index is 13.0. The zero-order chi connectivity index (χ0) is 15.5. The summed E-state index contributed by atoms with van der Waals surface area (Å²) in [5.41, 5.74) is 1.86. The Morgan fingerprint density at radius 2 is 2.00 bits per heavy atom. The number of nitrogens with one attached hydrogen (secondary N) is 1. The molecule has 1 heterocycles. The van der Waals surface area contributed by atoms with Gasteiger partial charge in [0.25, 0.3) is 0 Å². The zero-order valence-electron chi connectivity index (χ0n) is 13.8. The monoisotopic (exact) mass is 292 g/mol. The number of hydrogen-bond donors (Lipinski definition) is 1. The molecule has 1 amide bonds. The molecule has 1 aromatic rings. The van der Waals surface area contributed by atoms with Gasteiger partial charge in [-0.15, -0.1) is 0 Å². The number of amides is 1. The van der Waals surface area contributed by atoms with Gasteiger partial charge in [-0.1, -0.05) is 19.8 Å². The molecule has 0 atom stereocenters. The van der Waals surface area contributed by atoms with Crippen molar-refractivity contribution in [2.24, 2.45) is 5.41 Å². The summed E-state index contributed by atoms with van der Waals surface area (Å²) >= 11 is 0. The largest absolute Gasteiger partial charge is 0.348 e. The third-order valence-electron chi connectivity index (χ3n) is 4.60. The molecule has 5 heteroatoms. The second kappa shape index (κ2) is 6.60. The van der Waals surface area contributed by atoms with Crippen molar-refractivity contribution in [3.63, 3.8) is 0 Å². The molecule has 0 saturated heterocycles. The molecular weight excluding hydrogens is 264 g/mol. The van der Waals surface area contributed by atoms with Crippen molar-refractivity contribution in [3.8, 4) is 0 Å². The van der Waals surface area contributed by atoms with Crippen LogP contribution in [0, 0.1) is 12.3 Å². The van der Waals surface area contributed by atoms with E-state index in [1.54, 1.807) is 6.33 Å². The summed E-state index contributed by atoms with van der Waals surface area (Å²) in [7, 11) is 4.08. The molecule has 0 spiro atoms. The first-order chi connectivity index (χ1) is 9.92. The van der Waals surface area contributed by atoms with Gasteiger partial charge in [0.1, 0.15) is 0 Å². The quantitative estimate of drug-likeness (QED) is 0.874. The van der Waals surface area contributed by atoms with Crippen molar-refractivity contribution in [2.45, 2.75) is 46.1 Å². The molecule has 0 aromatic carbocycles. The van der Waals surface area contributed by atoms with Crippen LogP contribution in [0.25, 0.3) is 0 Å². The van der Waals surface area contributed by atoms with Crippen LogP contribution in [0.2, 0.25) is 0 Å². The van der Waals surface area contributed by atoms with Crippen LogP contribution in [-0.4, -0.2) is 52.9 Å². The highest BCUT2D eigenvalue weighted by Crippen LogP contribution is 2.39. The van der Waals surface area contributed by atoms with Gasteiger partial charge in [0.2, 0.25) is 5.91 Å². The van der Waals surface area contributed by atoms with Crippen LogP contribution in [0.1, 0.15) is 44.0 Å². The Morgan fingerprint density at radius 1 is 1.33 bits per heavy atom. The summed E-state index contributed by atoms with van der Waals surface area (Å²) in [6.45, 7) is 6.38. The number of aryl methyl sites for hydroxylation is 1. The third-order valence-corrected chi connectivity index (χ3v) is 4.60. The molecule has 21 heavy (non-hydrogen) atoms. The SMILES string of the molecule is Cc1[nH]cnc1CN(CCN(C)C)C(=O)C1(C)CCCC1. The van der Waals surface area contributed by atoms with E-state index >= 15 is 0 Å². The van der Waals surface area contributed by atoms with E-state index in [0.29, 0.717) is 12.5 Å². The van der Waals surface area contributed by atoms with Crippen LogP contribution in [0.5, 0.6) is 0 Å². The Balaban J connectivity index is 2.11. The van der Waals surface area contributed by atoms with Crippen LogP contribution >= 0.6 is 0 Å². The summed E-state index contributed by atoms with van der Waals surface area (Å²) in [6, 6.07) is 0. The van der Waals surface area contributed by atoms with Crippen LogP contribution in [0.3, 0.4) is 0 Å². The average Bonchev–Trinajstić information content (AvgIpc) is 3.04. The van der Waals surface area contributed by atoms with Gasteiger partial charge < -0.3 is 14.8 Å². The normalized spacial score (nSPS) is 17.4. The van der Waals surface area contributed by atoms with E-state index in [-0.39, 0.29) is 5.41 Å². The topological polar surface area (TPSA) is 52.2 Å². The van der Waals surface area contributed by atoms with E-state index in [2.05, 4.69) is 21.8 Å². The number of H-pyrrole nitrogens is 1. The van der Waals surface area contributed by atoms with Gasteiger partial charge in [0.15, 0.2) is 0 Å². The minimum Gasteiger partial charge on any atom is -0.348 e. The fourth-order valence-electron chi connectivity index (χ4n) is 3.05. The highest BCUT2D eigenvalue weighted by atomic mass is 16.2. The summed E-state index contributed by atoms with van der Waals surface area (Å²) in [5.74, 6) is 0.296. The third kappa shape index (κ3) is 3.84. The number of carbonyl (C=O) groups is 1. The maximum Gasteiger partial charge on any atom is 0.228 e. The van der Waals surface area contributed by atoms with Gasteiger partial charge in [0.05, 0.1) is 18.6 Å². The number of carbonyl (C=O) groups excluding carboxylic acids is 1. The van der Waals surface area contributed by atoms with Crippen LogP contribution in [0.15, 0.2) is 6.33 Å². The first-order valence-corrected chi connectivity index (χ1v) is 7.85. The number of rotatable bonds is 6. The van der Waals surface area contributed by atoms with Crippen molar-refractivity contribution < 1.29 is 4.79 Å². The number of imidazole rings is 1. The lowest BCUT2D eigenvalue weighted by molar-refractivity contribution is -0.141. The predicted molar refractivity (Wildman–Crippen MR) is 83.9 cm³/mol. The van der Waals surface area contributed by atoms with Crippen molar-refractivity contribution in [3.05, 3.63) is 17.7 Å². The Kier molecular flexibility index (Phi) is 5.04. The van der Waals surface area contributed by atoms with E-state index < -0.39 is 0 Å². The molecule has 1 fully saturated rings. The smallest absolute Gasteiger partial charge is 0.228 e. The average molecular weight is 292 g/mol. The first kappa shape index (κ1) is 16.0. The molecule has 1 aliphatic carbocycles. The van der Waals surface area contributed by atoms with Gasteiger partial charge in [-0.3, -0.25) is 4.79 Å². The zero-order valence-corrected chi connectivity index (χ0v) is 13.8. The summed E-state index contributed by atoms with van der Waals surface area (Å²) < 4.78 is 0. The van der Waals surface area contributed by atoms with Gasteiger partial charge in [-0.2, -0.15) is 0 Å².